The summed E-state index contributed by atoms with van der Waals surface area (Å²) in [5.74, 6) is -1.99. The Bertz CT molecular complexity index is 939. The van der Waals surface area contributed by atoms with Crippen molar-refractivity contribution < 1.29 is 38.2 Å². The Morgan fingerprint density at radius 3 is 1.67 bits per heavy atom. The molecule has 43 heavy (non-hydrogen) atoms. The Morgan fingerprint density at radius 1 is 0.698 bits per heavy atom. The third kappa shape index (κ3) is 19.8. The first-order valence-electron chi connectivity index (χ1n) is 15.0. The van der Waals surface area contributed by atoms with Crippen LogP contribution in [0.2, 0.25) is 0 Å². The van der Waals surface area contributed by atoms with Crippen molar-refractivity contribution in [2.24, 2.45) is 11.1 Å². The number of urea groups is 1. The molecule has 0 aliphatic rings. The van der Waals surface area contributed by atoms with Crippen LogP contribution in [0, 0.1) is 5.41 Å². The van der Waals surface area contributed by atoms with Gasteiger partial charge in [-0.15, -0.1) is 0 Å². The van der Waals surface area contributed by atoms with E-state index in [1.807, 2.05) is 20.8 Å². The molecule has 12 nitrogen and oxygen atoms in total. The smallest absolute Gasteiger partial charge is 0.329 e. The first-order valence-corrected chi connectivity index (χ1v) is 15.0. The Hall–Kier alpha value is -2.89. The normalized spacial score (nSPS) is 13.8. The van der Waals surface area contributed by atoms with Crippen molar-refractivity contribution in [2.75, 3.05) is 19.6 Å². The van der Waals surface area contributed by atoms with Gasteiger partial charge in [0.1, 0.15) is 29.4 Å². The second-order valence-electron chi connectivity index (χ2n) is 14.8. The van der Waals surface area contributed by atoms with E-state index in [2.05, 4.69) is 10.6 Å². The number of carbonyl (C=O) groups is 5. The molecule has 0 aliphatic heterocycles. The molecule has 0 rings (SSSR count). The van der Waals surface area contributed by atoms with E-state index in [1.54, 1.807) is 62.3 Å². The van der Waals surface area contributed by atoms with Crippen LogP contribution < -0.4 is 16.4 Å². The maximum absolute atomic E-state index is 13.1. The highest BCUT2D eigenvalue weighted by Gasteiger charge is 2.31. The molecule has 4 N–H and O–H groups in total. The van der Waals surface area contributed by atoms with E-state index in [-0.39, 0.29) is 43.3 Å². The summed E-state index contributed by atoms with van der Waals surface area (Å²) in [7, 11) is 0. The number of rotatable bonds is 14. The van der Waals surface area contributed by atoms with Crippen LogP contribution in [0.4, 0.5) is 4.79 Å². The van der Waals surface area contributed by atoms with Crippen molar-refractivity contribution in [1.29, 1.82) is 0 Å². The van der Waals surface area contributed by atoms with Gasteiger partial charge in [0.15, 0.2) is 0 Å². The highest BCUT2D eigenvalue weighted by atomic mass is 16.6. The number of carbonyl (C=O) groups excluding carboxylic acids is 5. The van der Waals surface area contributed by atoms with Crippen LogP contribution in [-0.4, -0.2) is 83.3 Å². The van der Waals surface area contributed by atoms with E-state index in [0.717, 1.165) is 0 Å². The van der Waals surface area contributed by atoms with Gasteiger partial charge in [-0.3, -0.25) is 14.4 Å². The summed E-state index contributed by atoms with van der Waals surface area (Å²) in [4.78, 5) is 64.2. The van der Waals surface area contributed by atoms with Gasteiger partial charge in [0.2, 0.25) is 5.91 Å². The van der Waals surface area contributed by atoms with Gasteiger partial charge < -0.3 is 35.5 Å². The number of esters is 3. The van der Waals surface area contributed by atoms with Gasteiger partial charge in [0, 0.05) is 19.0 Å². The molecule has 0 heterocycles. The number of hydrogen-bond acceptors (Lipinski definition) is 9. The molecule has 0 radical (unpaired) electrons. The van der Waals surface area contributed by atoms with Crippen molar-refractivity contribution in [3.05, 3.63) is 0 Å². The number of nitrogens with one attached hydrogen (secondary N) is 2. The Labute approximate surface area is 258 Å². The molecule has 0 aromatic rings. The minimum atomic E-state index is -1.06. The average Bonchev–Trinajstić information content (AvgIpc) is 2.78. The van der Waals surface area contributed by atoms with Gasteiger partial charge >= 0.3 is 23.9 Å². The number of nitrogens with two attached hydrogens (primary N) is 1. The van der Waals surface area contributed by atoms with Crippen LogP contribution >= 0.6 is 0 Å². The molecule has 2 atom stereocenters. The summed E-state index contributed by atoms with van der Waals surface area (Å²) < 4.78 is 16.2. The van der Waals surface area contributed by atoms with Crippen LogP contribution in [0.25, 0.3) is 0 Å². The molecule has 0 aromatic carbocycles. The molecule has 0 saturated heterocycles. The van der Waals surface area contributed by atoms with Gasteiger partial charge in [-0.1, -0.05) is 20.8 Å². The number of nitrogens with zero attached hydrogens (tertiary/aromatic N) is 1. The third-order valence-electron chi connectivity index (χ3n) is 5.84. The fraction of sp³-hybridized carbons (Fsp3) is 0.839. The van der Waals surface area contributed by atoms with E-state index in [4.69, 9.17) is 19.9 Å². The van der Waals surface area contributed by atoms with Crippen molar-refractivity contribution in [3.8, 4) is 0 Å². The van der Waals surface area contributed by atoms with Gasteiger partial charge in [-0.05, 0) is 93.4 Å². The van der Waals surface area contributed by atoms with Crippen LogP contribution in [0.3, 0.4) is 0 Å². The summed E-state index contributed by atoms with van der Waals surface area (Å²) in [6.07, 6.45) is 1.72. The molecule has 0 spiro atoms. The Balaban J connectivity index is 5.34. The molecular formula is C31H58N4O8. The Kier molecular flexibility index (Phi) is 15.7. The molecule has 0 aliphatic carbocycles. The number of ether oxygens (including phenoxy) is 3. The zero-order valence-electron chi connectivity index (χ0n) is 28.6. The van der Waals surface area contributed by atoms with E-state index < -0.39 is 46.8 Å². The highest BCUT2D eigenvalue weighted by Crippen LogP contribution is 2.24. The maximum atomic E-state index is 13.1. The first kappa shape index (κ1) is 40.1. The average molecular weight is 615 g/mol. The van der Waals surface area contributed by atoms with E-state index in [0.29, 0.717) is 25.8 Å². The molecule has 0 unspecified atom stereocenters. The minimum absolute atomic E-state index is 0.0140. The lowest BCUT2D eigenvalue weighted by Crippen LogP contribution is -2.53. The molecule has 3 amide bonds. The standard InChI is InChI=1S/C31H58N4O8/c1-28(2,3)22(15-13-14-18-35(23(36)19-32)20-25(38)42-30(7,8)9)34-27(40)33-21(26(39)43-31(10,11)12)16-17-24(37)41-29(4,5)6/h21-22H,13-20,32H2,1-12H3,(H2,33,34,40)/t21-,22-/m0/s1. The molecule has 12 heteroatoms. The topological polar surface area (TPSA) is 166 Å². The van der Waals surface area contributed by atoms with Gasteiger partial charge in [-0.2, -0.15) is 0 Å². The quantitative estimate of drug-likeness (QED) is 0.150. The van der Waals surface area contributed by atoms with E-state index in [9.17, 15) is 24.0 Å². The zero-order chi connectivity index (χ0) is 33.8. The largest absolute Gasteiger partial charge is 0.460 e. The first-order chi connectivity index (χ1) is 19.3. The summed E-state index contributed by atoms with van der Waals surface area (Å²) in [5.41, 5.74) is 3.09. The second kappa shape index (κ2) is 16.8. The summed E-state index contributed by atoms with van der Waals surface area (Å²) in [6, 6.07) is -1.91. The molecule has 0 aromatic heterocycles. The van der Waals surface area contributed by atoms with Crippen molar-refractivity contribution in [2.45, 2.75) is 144 Å². The van der Waals surface area contributed by atoms with Crippen LogP contribution in [0.15, 0.2) is 0 Å². The molecule has 0 saturated carbocycles. The van der Waals surface area contributed by atoms with E-state index >= 15 is 0 Å². The third-order valence-corrected chi connectivity index (χ3v) is 5.84. The van der Waals surface area contributed by atoms with Crippen molar-refractivity contribution in [1.82, 2.24) is 15.5 Å². The SMILES string of the molecule is CC(C)(C)OC(=O)CC[C@H](NC(=O)N[C@@H](CCCCN(CC(=O)OC(C)(C)C)C(=O)CN)C(C)(C)C)C(=O)OC(C)(C)C. The lowest BCUT2D eigenvalue weighted by atomic mass is 9.84. The van der Waals surface area contributed by atoms with Crippen LogP contribution in [0.1, 0.15) is 115 Å². The fourth-order valence-electron chi connectivity index (χ4n) is 3.96. The second-order valence-corrected chi connectivity index (χ2v) is 14.8. The lowest BCUT2D eigenvalue weighted by Gasteiger charge is -2.33. The number of amides is 3. The van der Waals surface area contributed by atoms with Crippen LogP contribution in [0.5, 0.6) is 0 Å². The molecule has 0 bridgehead atoms. The van der Waals surface area contributed by atoms with Crippen molar-refractivity contribution >= 4 is 29.8 Å². The summed E-state index contributed by atoms with van der Waals surface area (Å²) in [6.45, 7) is 21.6. The van der Waals surface area contributed by atoms with E-state index in [1.165, 1.54) is 4.90 Å². The van der Waals surface area contributed by atoms with Gasteiger partial charge in [-0.25, -0.2) is 9.59 Å². The number of unbranched alkanes of at least 4 members (excludes halogenated alkanes) is 1. The molecular weight excluding hydrogens is 556 g/mol. The summed E-state index contributed by atoms with van der Waals surface area (Å²) >= 11 is 0. The summed E-state index contributed by atoms with van der Waals surface area (Å²) in [5, 5.41) is 5.64. The predicted molar refractivity (Wildman–Crippen MR) is 165 cm³/mol. The Morgan fingerprint density at radius 2 is 1.21 bits per heavy atom. The molecule has 0 fully saturated rings. The van der Waals surface area contributed by atoms with Crippen LogP contribution in [-0.2, 0) is 33.4 Å². The van der Waals surface area contributed by atoms with Crippen molar-refractivity contribution in [3.63, 3.8) is 0 Å². The highest BCUT2D eigenvalue weighted by molar-refractivity contribution is 5.85. The zero-order valence-corrected chi connectivity index (χ0v) is 28.6. The number of hydrogen-bond donors (Lipinski definition) is 3. The molecule has 250 valence electrons. The predicted octanol–water partition coefficient (Wildman–Crippen LogP) is 3.83. The fourth-order valence-corrected chi connectivity index (χ4v) is 3.96. The monoisotopic (exact) mass is 614 g/mol. The maximum Gasteiger partial charge on any atom is 0.329 e. The van der Waals surface area contributed by atoms with Gasteiger partial charge in [0.25, 0.3) is 0 Å². The minimum Gasteiger partial charge on any atom is -0.460 e. The van der Waals surface area contributed by atoms with Gasteiger partial charge in [0.05, 0.1) is 6.54 Å². The lowest BCUT2D eigenvalue weighted by molar-refractivity contribution is -0.159.